The van der Waals surface area contributed by atoms with E-state index in [4.69, 9.17) is 16.4 Å². The van der Waals surface area contributed by atoms with Crippen molar-refractivity contribution in [1.82, 2.24) is 19.9 Å². The van der Waals surface area contributed by atoms with Crippen LogP contribution in [-0.2, 0) is 29.1 Å². The molecule has 0 saturated carbocycles. The number of ketones is 2. The smallest absolute Gasteiger partial charge is 0.248 e. The Labute approximate surface area is 361 Å². The van der Waals surface area contributed by atoms with E-state index in [2.05, 4.69) is 19.9 Å². The molecule has 0 aliphatic heterocycles. The van der Waals surface area contributed by atoms with E-state index in [1.165, 1.54) is 75.3 Å². The van der Waals surface area contributed by atoms with Gasteiger partial charge in [-0.05, 0) is 55.7 Å². The van der Waals surface area contributed by atoms with Crippen LogP contribution in [0, 0.1) is 34.9 Å². The maximum absolute atomic E-state index is 15.5. The molecule has 0 atom stereocenters. The van der Waals surface area contributed by atoms with E-state index in [0.29, 0.717) is 34.3 Å². The average Bonchev–Trinajstić information content (AvgIpc) is 3.21. The van der Waals surface area contributed by atoms with Gasteiger partial charge in [-0.25, -0.2) is 71.5 Å². The first kappa shape index (κ1) is 49.9. The molecule has 0 bridgehead atoms. The minimum atomic E-state index is -4.70. The number of nitrogens with two attached hydrogens (primary N) is 1. The Morgan fingerprint density at radius 1 is 0.603 bits per heavy atom. The summed E-state index contributed by atoms with van der Waals surface area (Å²) in [6.07, 6.45) is 5.91. The number of sulfonamides is 2. The lowest BCUT2D eigenvalue weighted by Gasteiger charge is -2.25. The van der Waals surface area contributed by atoms with Gasteiger partial charge in [-0.2, -0.15) is 3.71 Å². The zero-order chi connectivity index (χ0) is 47.0. The topological polar surface area (TPSA) is 217 Å². The third-order valence-electron chi connectivity index (χ3n) is 8.38. The lowest BCUT2D eigenvalue weighted by atomic mass is 10.00. The van der Waals surface area contributed by atoms with Crippen LogP contribution >= 0.6 is 10.7 Å². The molecule has 4 aromatic carbocycles. The highest BCUT2D eigenvalue weighted by Gasteiger charge is 2.38. The van der Waals surface area contributed by atoms with E-state index < -0.39 is 110 Å². The van der Waals surface area contributed by atoms with Gasteiger partial charge in [0.2, 0.25) is 29.1 Å². The minimum absolute atomic E-state index is 0.0231. The number of benzene rings is 4. The number of anilines is 2. The zero-order valence-corrected chi connectivity index (χ0v) is 36.3. The molecular weight excluding hydrogens is 926 g/mol. The van der Waals surface area contributed by atoms with Crippen molar-refractivity contribution in [3.63, 3.8) is 0 Å². The second-order valence-corrected chi connectivity index (χ2v) is 20.2. The number of halogens is 7. The number of carbonyl (C=O) groups is 2. The maximum atomic E-state index is 15.5. The van der Waals surface area contributed by atoms with Crippen molar-refractivity contribution in [3.05, 3.63) is 131 Å². The van der Waals surface area contributed by atoms with Gasteiger partial charge in [0, 0.05) is 57.1 Å². The molecule has 0 aliphatic rings. The van der Waals surface area contributed by atoms with Crippen LogP contribution < -0.4 is 9.44 Å². The zero-order valence-electron chi connectivity index (χ0n) is 33.1. The van der Waals surface area contributed by atoms with Crippen molar-refractivity contribution >= 4 is 84.5 Å². The quantitative estimate of drug-likeness (QED) is 0.0393. The Kier molecular flexibility index (Phi) is 16.3. The van der Waals surface area contributed by atoms with Gasteiger partial charge >= 0.3 is 0 Å². The molecule has 0 aliphatic carbocycles. The van der Waals surface area contributed by atoms with E-state index in [-0.39, 0.29) is 39.5 Å². The fourth-order valence-corrected chi connectivity index (χ4v) is 10.7. The molecule has 0 radical (unpaired) electrons. The Morgan fingerprint density at radius 2 is 1.02 bits per heavy atom. The van der Waals surface area contributed by atoms with Gasteiger partial charge in [-0.15, -0.1) is 0 Å². The van der Waals surface area contributed by atoms with Crippen LogP contribution in [0.3, 0.4) is 0 Å². The van der Waals surface area contributed by atoms with Gasteiger partial charge in [0.25, 0.3) is 0 Å². The van der Waals surface area contributed by atoms with Gasteiger partial charge in [0.1, 0.15) is 18.3 Å². The number of nitrogens with zero attached hydrogens (tertiary/aromatic N) is 5. The van der Waals surface area contributed by atoms with Crippen LogP contribution in [0.15, 0.2) is 73.6 Å². The molecule has 2 aromatic heterocycles. The predicted octanol–water partition coefficient (Wildman–Crippen LogP) is 7.39. The molecule has 6 rings (SSSR count). The largest absolute Gasteiger partial charge is 0.396 e. The van der Waals surface area contributed by atoms with E-state index in [1.807, 2.05) is 0 Å². The summed E-state index contributed by atoms with van der Waals surface area (Å²) in [5.41, 5.74) is 1.58. The molecule has 2 N–H and O–H groups in total. The summed E-state index contributed by atoms with van der Waals surface area (Å²) < 4.78 is 157. The van der Waals surface area contributed by atoms with Gasteiger partial charge in [-0.1, -0.05) is 20.8 Å². The molecule has 0 unspecified atom stereocenters. The van der Waals surface area contributed by atoms with E-state index in [9.17, 15) is 56.8 Å². The molecule has 336 valence electrons. The highest BCUT2D eigenvalue weighted by molar-refractivity contribution is 8.13. The van der Waals surface area contributed by atoms with Crippen molar-refractivity contribution < 1.29 is 61.2 Å². The number of fused-ring (bicyclic) bond motifs is 2. The summed E-state index contributed by atoms with van der Waals surface area (Å²) >= 11 is 0. The van der Waals surface area contributed by atoms with Crippen molar-refractivity contribution in [2.24, 2.45) is 0 Å². The third-order valence-corrected chi connectivity index (χ3v) is 14.4. The Hall–Kier alpha value is -5.78. The maximum Gasteiger partial charge on any atom is 0.248 e. The van der Waals surface area contributed by atoms with Crippen LogP contribution in [0.5, 0.6) is 0 Å². The summed E-state index contributed by atoms with van der Waals surface area (Å²) in [5.74, 6) is -13.4. The first-order chi connectivity index (χ1) is 29.5. The molecule has 6 aromatic rings. The average molecular weight is 961 g/mol. The summed E-state index contributed by atoms with van der Waals surface area (Å²) in [6.45, 7) is 4.66. The Morgan fingerprint density at radius 3 is 1.41 bits per heavy atom. The summed E-state index contributed by atoms with van der Waals surface area (Å²) in [7, 11) is -7.81. The molecule has 0 spiro atoms. The predicted molar refractivity (Wildman–Crippen MR) is 224 cm³/mol. The van der Waals surface area contributed by atoms with Gasteiger partial charge in [0.15, 0.2) is 46.5 Å². The second-order valence-electron chi connectivity index (χ2n) is 13.2. The highest BCUT2D eigenvalue weighted by atomic mass is 35.7. The van der Waals surface area contributed by atoms with Crippen LogP contribution in [-0.4, -0.2) is 74.0 Å². The van der Waals surface area contributed by atoms with Crippen molar-refractivity contribution in [2.45, 2.75) is 40.0 Å². The monoisotopic (exact) mass is 960 g/mol. The van der Waals surface area contributed by atoms with Crippen LogP contribution in [0.2, 0.25) is 0 Å². The van der Waals surface area contributed by atoms with E-state index in [0.717, 1.165) is 0 Å². The molecular formula is C39H35ClF6N6O8S3. The van der Waals surface area contributed by atoms with Crippen molar-refractivity contribution in [1.29, 1.82) is 0 Å². The number of nitrogen functional groups attached to an aromatic ring is 1. The SMILES string of the molecule is CCCS(=O)(=O)Cl.CCCS(=O)(=O)N(c1cc(F)c(F)c(C(=O)c2ccc3ncncc3c2)c1F)S(=O)(=O)CCC.Nc1cc(F)c(F)c(C(=O)c2ccc3ncncc3c2)c1F. The van der Waals surface area contributed by atoms with E-state index >= 15 is 4.39 Å². The van der Waals surface area contributed by atoms with Crippen LogP contribution in [0.4, 0.5) is 37.7 Å². The summed E-state index contributed by atoms with van der Waals surface area (Å²) in [4.78, 5) is 40.8. The van der Waals surface area contributed by atoms with Crippen LogP contribution in [0.25, 0.3) is 21.8 Å². The Bertz CT molecular complexity index is 3000. The van der Waals surface area contributed by atoms with Crippen molar-refractivity contribution in [3.8, 4) is 0 Å². The summed E-state index contributed by atoms with van der Waals surface area (Å²) in [5, 5.41) is 0.863. The highest BCUT2D eigenvalue weighted by Crippen LogP contribution is 2.34. The van der Waals surface area contributed by atoms with Crippen molar-refractivity contribution in [2.75, 3.05) is 26.7 Å². The normalized spacial score (nSPS) is 11.7. The fraction of sp³-hybridized carbons (Fsp3) is 0.231. The lowest BCUT2D eigenvalue weighted by Crippen LogP contribution is -2.40. The molecule has 24 heteroatoms. The van der Waals surface area contributed by atoms with Gasteiger partial charge in [0.05, 0.1) is 45.1 Å². The molecule has 2 heterocycles. The number of carbonyl (C=O) groups excluding carboxylic acids is 2. The lowest BCUT2D eigenvalue weighted by molar-refractivity contribution is 0.102. The summed E-state index contributed by atoms with van der Waals surface area (Å²) in [6, 6.07) is 8.63. The number of hydrogen-bond acceptors (Lipinski definition) is 13. The molecule has 0 fully saturated rings. The third kappa shape index (κ3) is 11.8. The first-order valence-corrected chi connectivity index (χ1v) is 24.0. The molecule has 14 nitrogen and oxygen atoms in total. The number of rotatable bonds is 13. The van der Waals surface area contributed by atoms with Gasteiger partial charge in [-0.3, -0.25) is 9.59 Å². The first-order valence-electron chi connectivity index (χ1n) is 18.3. The van der Waals surface area contributed by atoms with Crippen LogP contribution in [0.1, 0.15) is 71.9 Å². The van der Waals surface area contributed by atoms with E-state index in [1.54, 1.807) is 6.92 Å². The minimum Gasteiger partial charge on any atom is -0.396 e. The molecule has 0 amide bonds. The fourth-order valence-electron chi connectivity index (χ4n) is 5.68. The Balaban J connectivity index is 0.000000255. The molecule has 63 heavy (non-hydrogen) atoms. The number of aromatic nitrogens is 4. The second kappa shape index (κ2) is 20.6. The van der Waals surface area contributed by atoms with Gasteiger partial charge < -0.3 is 5.73 Å². The standard InChI is InChI=1S/C21H20F3N3O5S2.C15H8F3N3O.C3H7ClO2S/c1-3-7-33(29,30)27(34(31,32)8-4-2)17-10-15(22)19(23)18(20(17)24)21(28)13-5-6-16-14(9-13)11-25-12-26-16;16-9-4-10(19)14(18)12(13(9)17)15(22)7-1-2-11-8(3-7)5-20-6-21-11;1-2-3-7(4,5)6/h5-6,9-12H,3-4,7-8H2,1-2H3;1-6H,19H2;2-3H2,1H3. The number of hydrogen-bond donors (Lipinski definition) is 1. The molecule has 0 saturated heterocycles.